The van der Waals surface area contributed by atoms with Crippen LogP contribution in [0.15, 0.2) is 4.52 Å². The molecule has 0 fully saturated rings. The molecule has 13 heavy (non-hydrogen) atoms. The van der Waals surface area contributed by atoms with Crippen LogP contribution in [0.3, 0.4) is 0 Å². The molecule has 1 rings (SSSR count). The third kappa shape index (κ3) is 2.45. The minimum absolute atomic E-state index is 0.246. The highest BCUT2D eigenvalue weighted by Gasteiger charge is 2.24. The molecule has 1 heterocycles. The van der Waals surface area contributed by atoms with Crippen molar-refractivity contribution in [2.75, 3.05) is 13.3 Å². The Balaban J connectivity index is 2.79. The first kappa shape index (κ1) is 10.5. The Bertz CT molecular complexity index is 272. The van der Waals surface area contributed by atoms with Crippen molar-refractivity contribution in [1.29, 1.82) is 0 Å². The van der Waals surface area contributed by atoms with Gasteiger partial charge >= 0.3 is 0 Å². The Morgan fingerprint density at radius 1 is 1.54 bits per heavy atom. The summed E-state index contributed by atoms with van der Waals surface area (Å²) in [4.78, 5) is 4.28. The van der Waals surface area contributed by atoms with E-state index in [0.717, 1.165) is 11.6 Å². The van der Waals surface area contributed by atoms with Gasteiger partial charge in [-0.25, -0.2) is 0 Å². The Morgan fingerprint density at radius 2 is 2.23 bits per heavy atom. The van der Waals surface area contributed by atoms with Crippen LogP contribution in [0.25, 0.3) is 0 Å². The molecule has 0 amide bonds. The predicted molar refractivity (Wildman–Crippen MR) is 53.6 cm³/mol. The van der Waals surface area contributed by atoms with Gasteiger partial charge in [0.15, 0.2) is 5.82 Å². The van der Waals surface area contributed by atoms with Crippen LogP contribution in [-0.4, -0.2) is 23.4 Å². The Morgan fingerprint density at radius 3 is 2.77 bits per heavy atom. The van der Waals surface area contributed by atoms with Crippen LogP contribution in [0.1, 0.15) is 25.6 Å². The van der Waals surface area contributed by atoms with E-state index in [0.29, 0.717) is 5.89 Å². The van der Waals surface area contributed by atoms with Gasteiger partial charge in [-0.3, -0.25) is 0 Å². The highest BCUT2D eigenvalue weighted by atomic mass is 32.2. The number of rotatable bonds is 4. The van der Waals surface area contributed by atoms with Crippen LogP contribution < -0.4 is 5.32 Å². The van der Waals surface area contributed by atoms with E-state index in [4.69, 9.17) is 4.52 Å². The summed E-state index contributed by atoms with van der Waals surface area (Å²) in [6.45, 7) is 4.01. The van der Waals surface area contributed by atoms with Crippen LogP contribution in [0.4, 0.5) is 0 Å². The summed E-state index contributed by atoms with van der Waals surface area (Å²) in [5, 5.41) is 6.98. The van der Waals surface area contributed by atoms with Crippen molar-refractivity contribution < 1.29 is 4.52 Å². The molecule has 0 aliphatic carbocycles. The average molecular weight is 201 g/mol. The second-order valence-corrected chi connectivity index (χ2v) is 4.19. The molecule has 0 saturated carbocycles. The second kappa shape index (κ2) is 4.11. The Kier molecular flexibility index (Phi) is 3.33. The van der Waals surface area contributed by atoms with Gasteiger partial charge in [-0.1, -0.05) is 5.16 Å². The number of nitrogens with zero attached hydrogens (tertiary/aromatic N) is 2. The van der Waals surface area contributed by atoms with Crippen LogP contribution in [0.2, 0.25) is 0 Å². The molecule has 0 aliphatic rings. The van der Waals surface area contributed by atoms with Crippen LogP contribution >= 0.6 is 11.8 Å². The van der Waals surface area contributed by atoms with Crippen LogP contribution in [0, 0.1) is 0 Å². The topological polar surface area (TPSA) is 51.0 Å². The van der Waals surface area contributed by atoms with Crippen LogP contribution in [0.5, 0.6) is 0 Å². The first-order valence-electron chi connectivity index (χ1n) is 4.11. The van der Waals surface area contributed by atoms with E-state index in [1.807, 2.05) is 27.2 Å². The number of hydrogen-bond donors (Lipinski definition) is 1. The largest absolute Gasteiger partial charge is 0.337 e. The molecular formula is C8H15N3OS. The maximum Gasteiger partial charge on any atom is 0.246 e. The van der Waals surface area contributed by atoms with Crippen molar-refractivity contribution >= 4 is 11.8 Å². The van der Waals surface area contributed by atoms with Gasteiger partial charge in [-0.2, -0.15) is 16.7 Å². The molecule has 1 aromatic heterocycles. The van der Waals surface area contributed by atoms with Crippen LogP contribution in [-0.2, 0) is 11.3 Å². The molecule has 1 N–H and O–H groups in total. The standard InChI is InChI=1S/C8H15N3OS/c1-8(2,9-3)7-10-6(5-13-4)11-12-7/h9H,5H2,1-4H3. The quantitative estimate of drug-likeness (QED) is 0.797. The van der Waals surface area contributed by atoms with Gasteiger partial charge in [-0.15, -0.1) is 0 Å². The van der Waals surface area contributed by atoms with Crippen molar-refractivity contribution in [3.8, 4) is 0 Å². The molecule has 0 atom stereocenters. The first-order valence-corrected chi connectivity index (χ1v) is 5.50. The summed E-state index contributed by atoms with van der Waals surface area (Å²) < 4.78 is 5.14. The van der Waals surface area contributed by atoms with E-state index in [1.165, 1.54) is 0 Å². The zero-order chi connectivity index (χ0) is 9.90. The van der Waals surface area contributed by atoms with E-state index >= 15 is 0 Å². The molecule has 0 unspecified atom stereocenters. The van der Waals surface area contributed by atoms with Crippen molar-refractivity contribution in [1.82, 2.24) is 15.5 Å². The minimum atomic E-state index is -0.246. The average Bonchev–Trinajstić information content (AvgIpc) is 2.54. The van der Waals surface area contributed by atoms with Crippen molar-refractivity contribution in [2.24, 2.45) is 0 Å². The van der Waals surface area contributed by atoms with Gasteiger partial charge in [-0.05, 0) is 27.2 Å². The predicted octanol–water partition coefficient (Wildman–Crippen LogP) is 1.39. The molecule has 74 valence electrons. The summed E-state index contributed by atoms with van der Waals surface area (Å²) in [6, 6.07) is 0. The fourth-order valence-electron chi connectivity index (χ4n) is 0.802. The van der Waals surface area contributed by atoms with Gasteiger partial charge in [0, 0.05) is 0 Å². The van der Waals surface area contributed by atoms with E-state index < -0.39 is 0 Å². The van der Waals surface area contributed by atoms with Crippen molar-refractivity contribution in [3.05, 3.63) is 11.7 Å². The second-order valence-electron chi connectivity index (χ2n) is 3.32. The molecule has 0 aliphatic heterocycles. The fourth-order valence-corrected chi connectivity index (χ4v) is 1.18. The Hall–Kier alpha value is -0.550. The third-order valence-corrected chi connectivity index (χ3v) is 2.45. The summed E-state index contributed by atoms with van der Waals surface area (Å²) in [5.41, 5.74) is -0.246. The molecule has 4 nitrogen and oxygen atoms in total. The van der Waals surface area contributed by atoms with Crippen molar-refractivity contribution in [3.63, 3.8) is 0 Å². The monoisotopic (exact) mass is 201 g/mol. The highest BCUT2D eigenvalue weighted by molar-refractivity contribution is 7.97. The normalized spacial score (nSPS) is 12.0. The van der Waals surface area contributed by atoms with E-state index in [-0.39, 0.29) is 5.54 Å². The summed E-state index contributed by atoms with van der Waals surface area (Å²) >= 11 is 1.68. The summed E-state index contributed by atoms with van der Waals surface area (Å²) in [7, 11) is 1.87. The number of aromatic nitrogens is 2. The third-order valence-electron chi connectivity index (χ3n) is 1.90. The molecule has 0 radical (unpaired) electrons. The molecule has 0 saturated heterocycles. The van der Waals surface area contributed by atoms with Gasteiger partial charge in [0.2, 0.25) is 5.89 Å². The fraction of sp³-hybridized carbons (Fsp3) is 0.750. The maximum atomic E-state index is 5.14. The lowest BCUT2D eigenvalue weighted by Gasteiger charge is -2.17. The van der Waals surface area contributed by atoms with Crippen molar-refractivity contribution in [2.45, 2.75) is 25.1 Å². The molecule has 0 bridgehead atoms. The zero-order valence-corrected chi connectivity index (χ0v) is 9.23. The van der Waals surface area contributed by atoms with Gasteiger partial charge < -0.3 is 9.84 Å². The van der Waals surface area contributed by atoms with Gasteiger partial charge in [0.25, 0.3) is 0 Å². The lowest BCUT2D eigenvalue weighted by molar-refractivity contribution is 0.280. The number of hydrogen-bond acceptors (Lipinski definition) is 5. The molecule has 1 aromatic rings. The molecular weight excluding hydrogens is 186 g/mol. The zero-order valence-electron chi connectivity index (χ0n) is 8.42. The summed E-state index contributed by atoms with van der Waals surface area (Å²) in [6.07, 6.45) is 2.01. The first-order chi connectivity index (χ1) is 6.10. The number of nitrogens with one attached hydrogen (secondary N) is 1. The minimum Gasteiger partial charge on any atom is -0.337 e. The van der Waals surface area contributed by atoms with E-state index in [9.17, 15) is 0 Å². The SMILES string of the molecule is CNC(C)(C)c1nc(CSC)no1. The number of thioether (sulfide) groups is 1. The Labute approximate surface area is 82.5 Å². The lowest BCUT2D eigenvalue weighted by atomic mass is 10.1. The van der Waals surface area contributed by atoms with Gasteiger partial charge in [0.1, 0.15) is 0 Å². The van der Waals surface area contributed by atoms with E-state index in [2.05, 4.69) is 15.5 Å². The summed E-state index contributed by atoms with van der Waals surface area (Å²) in [5.74, 6) is 2.19. The smallest absolute Gasteiger partial charge is 0.246 e. The lowest BCUT2D eigenvalue weighted by Crippen LogP contribution is -2.33. The van der Waals surface area contributed by atoms with Gasteiger partial charge in [0.05, 0.1) is 11.3 Å². The molecule has 0 aromatic carbocycles. The highest BCUT2D eigenvalue weighted by Crippen LogP contribution is 2.17. The molecule has 0 spiro atoms. The maximum absolute atomic E-state index is 5.14. The van der Waals surface area contributed by atoms with E-state index in [1.54, 1.807) is 11.8 Å². The molecule has 5 heteroatoms.